The van der Waals surface area contributed by atoms with E-state index < -0.39 is 10.0 Å². The molecule has 7 heteroatoms. The Kier molecular flexibility index (Phi) is 5.93. The lowest BCUT2D eigenvalue weighted by Gasteiger charge is -2.34. The van der Waals surface area contributed by atoms with E-state index in [9.17, 15) is 17.6 Å². The number of halogens is 1. The lowest BCUT2D eigenvalue weighted by molar-refractivity contribution is -0.139. The van der Waals surface area contributed by atoms with E-state index in [1.807, 2.05) is 41.3 Å². The van der Waals surface area contributed by atoms with Gasteiger partial charge in [-0.3, -0.25) is 4.79 Å². The van der Waals surface area contributed by atoms with Crippen molar-refractivity contribution in [2.24, 2.45) is 5.92 Å². The number of sulfonamides is 1. The maximum atomic E-state index is 14.4. The number of hydrogen-bond donors (Lipinski definition) is 1. The number of rotatable bonds is 6. The number of hydrogen-bond acceptors (Lipinski definition) is 3. The van der Waals surface area contributed by atoms with Crippen LogP contribution >= 0.6 is 0 Å². The van der Waals surface area contributed by atoms with Gasteiger partial charge in [-0.25, -0.2) is 17.5 Å². The van der Waals surface area contributed by atoms with E-state index in [2.05, 4.69) is 4.72 Å². The van der Waals surface area contributed by atoms with E-state index in [0.29, 0.717) is 19.4 Å². The van der Waals surface area contributed by atoms with E-state index >= 15 is 0 Å². The number of likely N-dealkylation sites (tertiary alicyclic amines) is 1. The van der Waals surface area contributed by atoms with Gasteiger partial charge in [0.1, 0.15) is 5.82 Å². The van der Waals surface area contributed by atoms with Gasteiger partial charge in [0.2, 0.25) is 15.9 Å². The van der Waals surface area contributed by atoms with Gasteiger partial charge in [-0.2, -0.15) is 0 Å². The van der Waals surface area contributed by atoms with Gasteiger partial charge >= 0.3 is 0 Å². The standard InChI is InChI=1S/C23H27FN2O3S/c1-30(28,29)25-21-10-11-26(23(27)18-8-5-9-18)22(21)14-16-12-19(15-20(24)13-16)17-6-3-2-4-7-17/h2-4,6-7,12-13,15,18,21-22,25H,5,8-11,14H2,1H3. The Morgan fingerprint density at radius 1 is 1.10 bits per heavy atom. The monoisotopic (exact) mass is 430 g/mol. The maximum Gasteiger partial charge on any atom is 0.225 e. The second-order valence-corrected chi connectivity index (χ2v) is 10.2. The van der Waals surface area contributed by atoms with E-state index in [-0.39, 0.29) is 29.7 Å². The van der Waals surface area contributed by atoms with Crippen molar-refractivity contribution in [2.75, 3.05) is 12.8 Å². The molecule has 1 heterocycles. The second kappa shape index (κ2) is 8.47. The molecule has 0 spiro atoms. The number of nitrogens with zero attached hydrogens (tertiary/aromatic N) is 1. The van der Waals surface area contributed by atoms with Gasteiger partial charge in [-0.15, -0.1) is 0 Å². The minimum atomic E-state index is -3.42. The molecule has 1 amide bonds. The molecule has 1 aliphatic heterocycles. The van der Waals surface area contributed by atoms with Crippen LogP contribution in [0.5, 0.6) is 0 Å². The molecule has 1 N–H and O–H groups in total. The molecule has 30 heavy (non-hydrogen) atoms. The van der Waals surface area contributed by atoms with Crippen LogP contribution in [-0.4, -0.2) is 44.1 Å². The van der Waals surface area contributed by atoms with Gasteiger partial charge in [-0.1, -0.05) is 42.8 Å². The SMILES string of the molecule is CS(=O)(=O)NC1CCN(C(=O)C2CCC2)C1Cc1cc(F)cc(-c2ccccc2)c1. The molecule has 5 nitrogen and oxygen atoms in total. The van der Waals surface area contributed by atoms with Crippen LogP contribution in [0.15, 0.2) is 48.5 Å². The molecule has 0 radical (unpaired) electrons. The molecule has 2 aromatic rings. The average Bonchev–Trinajstić information content (AvgIpc) is 3.01. The number of carbonyl (C=O) groups is 1. The summed E-state index contributed by atoms with van der Waals surface area (Å²) < 4.78 is 40.9. The third-order valence-corrected chi connectivity index (χ3v) is 6.89. The molecule has 2 aliphatic rings. The third-order valence-electron chi connectivity index (χ3n) is 6.16. The molecular weight excluding hydrogens is 403 g/mol. The molecule has 2 fully saturated rings. The van der Waals surface area contributed by atoms with Crippen LogP contribution in [0.4, 0.5) is 4.39 Å². The van der Waals surface area contributed by atoms with Crippen molar-refractivity contribution in [1.82, 2.24) is 9.62 Å². The molecule has 2 atom stereocenters. The van der Waals surface area contributed by atoms with Gasteiger partial charge in [0, 0.05) is 18.5 Å². The molecule has 4 rings (SSSR count). The largest absolute Gasteiger partial charge is 0.337 e. The fourth-order valence-electron chi connectivity index (χ4n) is 4.49. The highest BCUT2D eigenvalue weighted by Crippen LogP contribution is 2.33. The van der Waals surface area contributed by atoms with Gasteiger partial charge in [0.25, 0.3) is 0 Å². The van der Waals surface area contributed by atoms with Gasteiger partial charge in [-0.05, 0) is 54.5 Å². The van der Waals surface area contributed by atoms with Crippen molar-refractivity contribution >= 4 is 15.9 Å². The van der Waals surface area contributed by atoms with Crippen LogP contribution in [-0.2, 0) is 21.2 Å². The van der Waals surface area contributed by atoms with Crippen LogP contribution in [0.3, 0.4) is 0 Å². The summed E-state index contributed by atoms with van der Waals surface area (Å²) in [6.07, 6.45) is 4.95. The van der Waals surface area contributed by atoms with Gasteiger partial charge in [0.15, 0.2) is 0 Å². The zero-order valence-electron chi connectivity index (χ0n) is 17.1. The van der Waals surface area contributed by atoms with Gasteiger partial charge in [0.05, 0.1) is 12.3 Å². The van der Waals surface area contributed by atoms with Crippen molar-refractivity contribution in [3.63, 3.8) is 0 Å². The smallest absolute Gasteiger partial charge is 0.225 e. The molecule has 0 bridgehead atoms. The first kappa shape index (κ1) is 21.0. The minimum absolute atomic E-state index is 0.0388. The summed E-state index contributed by atoms with van der Waals surface area (Å²) >= 11 is 0. The fourth-order valence-corrected chi connectivity index (χ4v) is 5.31. The third kappa shape index (κ3) is 4.73. The number of amides is 1. The first-order valence-electron chi connectivity index (χ1n) is 10.4. The Morgan fingerprint density at radius 2 is 1.83 bits per heavy atom. The Balaban J connectivity index is 1.62. The van der Waals surface area contributed by atoms with E-state index in [0.717, 1.165) is 42.2 Å². The fraction of sp³-hybridized carbons (Fsp3) is 0.435. The normalized spacial score (nSPS) is 22.1. The Bertz CT molecular complexity index is 1020. The highest BCUT2D eigenvalue weighted by molar-refractivity contribution is 7.88. The Labute approximate surface area is 177 Å². The molecule has 2 unspecified atom stereocenters. The quantitative estimate of drug-likeness (QED) is 0.764. The molecule has 1 saturated heterocycles. The summed E-state index contributed by atoms with van der Waals surface area (Å²) in [5.41, 5.74) is 2.44. The molecule has 0 aromatic heterocycles. The van der Waals surface area contributed by atoms with Crippen molar-refractivity contribution in [3.8, 4) is 11.1 Å². The summed E-state index contributed by atoms with van der Waals surface area (Å²) in [5, 5.41) is 0. The van der Waals surface area contributed by atoms with Crippen molar-refractivity contribution in [3.05, 3.63) is 59.9 Å². The molecular formula is C23H27FN2O3S. The summed E-state index contributed by atoms with van der Waals surface area (Å²) in [6, 6.07) is 13.8. The summed E-state index contributed by atoms with van der Waals surface area (Å²) in [4.78, 5) is 14.8. The Hall–Kier alpha value is -2.25. The molecule has 160 valence electrons. The Morgan fingerprint density at radius 3 is 2.47 bits per heavy atom. The summed E-state index contributed by atoms with van der Waals surface area (Å²) in [5.74, 6) is -0.200. The minimum Gasteiger partial charge on any atom is -0.337 e. The summed E-state index contributed by atoms with van der Waals surface area (Å²) in [7, 11) is -3.42. The lowest BCUT2D eigenvalue weighted by Crippen LogP contribution is -2.49. The zero-order valence-corrected chi connectivity index (χ0v) is 17.9. The van der Waals surface area contributed by atoms with E-state index in [1.54, 1.807) is 0 Å². The van der Waals surface area contributed by atoms with Gasteiger partial charge < -0.3 is 4.90 Å². The second-order valence-electron chi connectivity index (χ2n) is 8.43. The predicted octanol–water partition coefficient (Wildman–Crippen LogP) is 3.35. The van der Waals surface area contributed by atoms with Crippen molar-refractivity contribution < 1.29 is 17.6 Å². The average molecular weight is 431 g/mol. The van der Waals surface area contributed by atoms with Crippen LogP contribution in [0.25, 0.3) is 11.1 Å². The van der Waals surface area contributed by atoms with E-state index in [1.165, 1.54) is 12.1 Å². The van der Waals surface area contributed by atoms with Crippen LogP contribution < -0.4 is 4.72 Å². The molecule has 1 aliphatic carbocycles. The van der Waals surface area contributed by atoms with Crippen LogP contribution in [0, 0.1) is 11.7 Å². The number of nitrogens with one attached hydrogen (secondary N) is 1. The summed E-state index contributed by atoms with van der Waals surface area (Å²) in [6.45, 7) is 0.522. The topological polar surface area (TPSA) is 66.5 Å². The lowest BCUT2D eigenvalue weighted by atomic mass is 9.84. The maximum absolute atomic E-state index is 14.4. The van der Waals surface area contributed by atoms with E-state index in [4.69, 9.17) is 0 Å². The first-order valence-corrected chi connectivity index (χ1v) is 12.3. The number of carbonyl (C=O) groups excluding carboxylic acids is 1. The molecule has 1 saturated carbocycles. The zero-order chi connectivity index (χ0) is 21.3. The number of benzene rings is 2. The highest BCUT2D eigenvalue weighted by Gasteiger charge is 2.41. The molecule has 2 aromatic carbocycles. The van der Waals surface area contributed by atoms with Crippen molar-refractivity contribution in [1.29, 1.82) is 0 Å². The van der Waals surface area contributed by atoms with Crippen LogP contribution in [0.1, 0.15) is 31.2 Å². The van der Waals surface area contributed by atoms with Crippen LogP contribution in [0.2, 0.25) is 0 Å². The predicted molar refractivity (Wildman–Crippen MR) is 115 cm³/mol. The first-order chi connectivity index (χ1) is 14.3. The highest BCUT2D eigenvalue weighted by atomic mass is 32.2. The van der Waals surface area contributed by atoms with Crippen molar-refractivity contribution in [2.45, 2.75) is 44.2 Å².